The van der Waals surface area contributed by atoms with E-state index in [0.29, 0.717) is 16.5 Å². The number of Topliss-reactive ketones (excluding diaryl/α,β-unsaturated/α-hetero) is 1. The summed E-state index contributed by atoms with van der Waals surface area (Å²) in [5.74, 6) is 0.0605. The van der Waals surface area contributed by atoms with Gasteiger partial charge in [-0.1, -0.05) is 47.5 Å². The van der Waals surface area contributed by atoms with Crippen molar-refractivity contribution in [1.82, 2.24) is 0 Å². The summed E-state index contributed by atoms with van der Waals surface area (Å²) >= 11 is 18.3. The van der Waals surface area contributed by atoms with E-state index < -0.39 is 4.87 Å². The fraction of sp³-hybridized carbons (Fsp3) is 0.235. The molecule has 3 rings (SSSR count). The first-order valence-corrected chi connectivity index (χ1v) is 7.88. The van der Waals surface area contributed by atoms with Gasteiger partial charge in [0.1, 0.15) is 4.87 Å². The van der Waals surface area contributed by atoms with Gasteiger partial charge in [-0.3, -0.25) is 4.79 Å². The molecular weight excluding hydrogens is 327 g/mol. The molecule has 1 fully saturated rings. The third-order valence-corrected chi connectivity index (χ3v) is 4.96. The number of rotatable bonds is 4. The van der Waals surface area contributed by atoms with Crippen LogP contribution in [0.1, 0.15) is 18.4 Å². The highest BCUT2D eigenvalue weighted by molar-refractivity contribution is 6.38. The maximum Gasteiger partial charge on any atom is 0.158 e. The smallest absolute Gasteiger partial charge is 0.158 e. The molecule has 0 bridgehead atoms. The van der Waals surface area contributed by atoms with E-state index in [2.05, 4.69) is 0 Å². The molecule has 0 heterocycles. The molecule has 0 atom stereocenters. The molecule has 1 saturated carbocycles. The highest BCUT2D eigenvalue weighted by atomic mass is 35.5. The third kappa shape index (κ3) is 3.26. The van der Waals surface area contributed by atoms with Gasteiger partial charge in [0.15, 0.2) is 5.78 Å². The fourth-order valence-corrected chi connectivity index (χ4v) is 2.77. The molecule has 1 aliphatic carbocycles. The summed E-state index contributed by atoms with van der Waals surface area (Å²) in [6.07, 6.45) is 1.84. The molecule has 0 aromatic heterocycles. The van der Waals surface area contributed by atoms with Crippen LogP contribution in [0.25, 0.3) is 11.1 Å². The third-order valence-electron chi connectivity index (χ3n) is 3.77. The van der Waals surface area contributed by atoms with Crippen LogP contribution < -0.4 is 0 Å². The summed E-state index contributed by atoms with van der Waals surface area (Å²) in [6.45, 7) is 0. The predicted octanol–water partition coefficient (Wildman–Crippen LogP) is 5.54. The molecular formula is C17H13Cl3O. The monoisotopic (exact) mass is 338 g/mol. The second-order valence-corrected chi connectivity index (χ2v) is 6.95. The minimum atomic E-state index is -0.627. The number of hydrogen-bond acceptors (Lipinski definition) is 1. The van der Waals surface area contributed by atoms with Crippen molar-refractivity contribution in [3.8, 4) is 11.1 Å². The molecule has 0 unspecified atom stereocenters. The van der Waals surface area contributed by atoms with Gasteiger partial charge in [-0.05, 0) is 47.7 Å². The van der Waals surface area contributed by atoms with Gasteiger partial charge in [-0.2, -0.15) is 0 Å². The Kier molecular flexibility index (Phi) is 4.00. The van der Waals surface area contributed by atoms with Crippen LogP contribution in [0, 0.1) is 0 Å². The van der Waals surface area contributed by atoms with Gasteiger partial charge in [-0.25, -0.2) is 0 Å². The summed E-state index contributed by atoms with van der Waals surface area (Å²) < 4.78 is 0. The van der Waals surface area contributed by atoms with Gasteiger partial charge in [-0.15, -0.1) is 11.6 Å². The highest BCUT2D eigenvalue weighted by Crippen LogP contribution is 2.44. The molecule has 0 N–H and O–H groups in total. The van der Waals surface area contributed by atoms with E-state index in [1.807, 2.05) is 42.5 Å². The topological polar surface area (TPSA) is 17.1 Å². The summed E-state index contributed by atoms with van der Waals surface area (Å²) in [4.78, 5) is 11.4. The highest BCUT2D eigenvalue weighted by Gasteiger charge is 2.47. The van der Waals surface area contributed by atoms with Crippen LogP contribution in [0.4, 0.5) is 0 Å². The molecule has 0 radical (unpaired) electrons. The van der Waals surface area contributed by atoms with Crippen LogP contribution in [0.15, 0.2) is 42.5 Å². The molecule has 0 spiro atoms. The van der Waals surface area contributed by atoms with E-state index in [9.17, 15) is 4.79 Å². The van der Waals surface area contributed by atoms with Gasteiger partial charge in [0.2, 0.25) is 0 Å². The minimum Gasteiger partial charge on any atom is -0.297 e. The van der Waals surface area contributed by atoms with Crippen LogP contribution >= 0.6 is 34.8 Å². The van der Waals surface area contributed by atoms with Crippen molar-refractivity contribution in [2.24, 2.45) is 0 Å². The first kappa shape index (κ1) is 14.9. The van der Waals surface area contributed by atoms with Crippen LogP contribution in [-0.4, -0.2) is 10.7 Å². The second-order valence-electron chi connectivity index (χ2n) is 5.38. The van der Waals surface area contributed by atoms with Crippen molar-refractivity contribution >= 4 is 40.6 Å². The zero-order valence-corrected chi connectivity index (χ0v) is 13.5. The lowest BCUT2D eigenvalue weighted by Crippen LogP contribution is -2.18. The van der Waals surface area contributed by atoms with Gasteiger partial charge >= 0.3 is 0 Å². The molecule has 1 aliphatic rings. The lowest BCUT2D eigenvalue weighted by molar-refractivity contribution is -0.118. The standard InChI is InChI=1S/C17H13Cl3O/c18-14-5-3-11(4-6-14)12-1-2-13(15(19)9-12)10-16(21)17(20)7-8-17/h1-6,9H,7-8,10H2. The van der Waals surface area contributed by atoms with E-state index in [0.717, 1.165) is 29.5 Å². The van der Waals surface area contributed by atoms with E-state index in [-0.39, 0.29) is 5.78 Å². The van der Waals surface area contributed by atoms with Gasteiger partial charge in [0, 0.05) is 16.5 Å². The number of carbonyl (C=O) groups is 1. The Morgan fingerprint density at radius 2 is 1.62 bits per heavy atom. The first-order chi connectivity index (χ1) is 9.98. The zero-order valence-electron chi connectivity index (χ0n) is 11.2. The minimum absolute atomic E-state index is 0.0605. The largest absolute Gasteiger partial charge is 0.297 e. The molecule has 2 aromatic carbocycles. The molecule has 0 aliphatic heterocycles. The summed E-state index contributed by atoms with van der Waals surface area (Å²) in [6, 6.07) is 13.3. The molecule has 0 saturated heterocycles. The molecule has 2 aromatic rings. The number of ketones is 1. The van der Waals surface area contributed by atoms with E-state index in [1.54, 1.807) is 0 Å². The van der Waals surface area contributed by atoms with Crippen LogP contribution in [0.2, 0.25) is 10.0 Å². The quantitative estimate of drug-likeness (QED) is 0.668. The molecule has 108 valence electrons. The van der Waals surface area contributed by atoms with Crippen molar-refractivity contribution < 1.29 is 4.79 Å². The molecule has 1 nitrogen and oxygen atoms in total. The Bertz CT molecular complexity index is 688. The number of benzene rings is 2. The summed E-state index contributed by atoms with van der Waals surface area (Å²) in [7, 11) is 0. The van der Waals surface area contributed by atoms with Crippen molar-refractivity contribution in [2.75, 3.05) is 0 Å². The number of hydrogen-bond donors (Lipinski definition) is 0. The molecule has 4 heteroatoms. The summed E-state index contributed by atoms with van der Waals surface area (Å²) in [5.41, 5.74) is 2.86. The number of alkyl halides is 1. The lowest BCUT2D eigenvalue weighted by atomic mass is 10.0. The SMILES string of the molecule is O=C(Cc1ccc(-c2ccc(Cl)cc2)cc1Cl)C1(Cl)CC1. The Balaban J connectivity index is 1.82. The second kappa shape index (κ2) is 5.64. The van der Waals surface area contributed by atoms with E-state index in [4.69, 9.17) is 34.8 Å². The van der Waals surface area contributed by atoms with Gasteiger partial charge in [0.05, 0.1) is 0 Å². The van der Waals surface area contributed by atoms with Crippen molar-refractivity contribution in [3.05, 3.63) is 58.1 Å². The average molecular weight is 340 g/mol. The Morgan fingerprint density at radius 3 is 2.19 bits per heavy atom. The Hall–Kier alpha value is -1.02. The van der Waals surface area contributed by atoms with Crippen molar-refractivity contribution in [1.29, 1.82) is 0 Å². The Labute approximate surface area is 138 Å². The Morgan fingerprint density at radius 1 is 1.00 bits per heavy atom. The van der Waals surface area contributed by atoms with Gasteiger partial charge < -0.3 is 0 Å². The maximum atomic E-state index is 12.0. The van der Waals surface area contributed by atoms with Crippen molar-refractivity contribution in [3.63, 3.8) is 0 Å². The number of carbonyl (C=O) groups excluding carboxylic acids is 1. The average Bonchev–Trinajstić information content (AvgIpc) is 3.21. The molecule has 21 heavy (non-hydrogen) atoms. The lowest BCUT2D eigenvalue weighted by Gasteiger charge is -2.09. The number of halogens is 3. The normalized spacial score (nSPS) is 15.8. The van der Waals surface area contributed by atoms with Crippen LogP contribution in [0.5, 0.6) is 0 Å². The fourth-order valence-electron chi connectivity index (χ4n) is 2.23. The molecule has 0 amide bonds. The first-order valence-electron chi connectivity index (χ1n) is 6.74. The van der Waals surface area contributed by atoms with E-state index >= 15 is 0 Å². The van der Waals surface area contributed by atoms with Crippen LogP contribution in [-0.2, 0) is 11.2 Å². The van der Waals surface area contributed by atoms with E-state index in [1.165, 1.54) is 0 Å². The van der Waals surface area contributed by atoms with Crippen LogP contribution in [0.3, 0.4) is 0 Å². The zero-order chi connectivity index (χ0) is 15.0. The predicted molar refractivity (Wildman–Crippen MR) is 88.4 cm³/mol. The van der Waals surface area contributed by atoms with Gasteiger partial charge in [0.25, 0.3) is 0 Å². The summed E-state index contributed by atoms with van der Waals surface area (Å²) in [5, 5.41) is 1.29. The van der Waals surface area contributed by atoms with Crippen molar-refractivity contribution in [2.45, 2.75) is 24.1 Å². The maximum absolute atomic E-state index is 12.0.